The number of carbonyl (C=O) groups excluding carboxylic acids is 1. The number of nitrogens with one attached hydrogen (secondary N) is 1. The highest BCUT2D eigenvalue weighted by Crippen LogP contribution is 2.18. The molecule has 0 aliphatic carbocycles. The first-order valence-electron chi connectivity index (χ1n) is 6.47. The molecule has 0 saturated heterocycles. The van der Waals surface area contributed by atoms with E-state index in [1.165, 1.54) is 12.1 Å². The van der Waals surface area contributed by atoms with Gasteiger partial charge in [-0.2, -0.15) is 0 Å². The van der Waals surface area contributed by atoms with E-state index in [0.717, 1.165) is 5.56 Å². The molecule has 0 radical (unpaired) electrons. The first-order valence-corrected chi connectivity index (χ1v) is 6.47. The lowest BCUT2D eigenvalue weighted by Crippen LogP contribution is -2.14. The molecule has 21 heavy (non-hydrogen) atoms. The van der Waals surface area contributed by atoms with Gasteiger partial charge in [-0.3, -0.25) is 4.79 Å². The van der Waals surface area contributed by atoms with Crippen molar-refractivity contribution in [3.63, 3.8) is 0 Å². The number of rotatable bonds is 2. The first kappa shape index (κ1) is 14.8. The number of halogens is 1. The van der Waals surface area contributed by atoms with Crippen LogP contribution in [-0.4, -0.2) is 12.5 Å². The first-order chi connectivity index (χ1) is 10.1. The zero-order chi connectivity index (χ0) is 15.2. The van der Waals surface area contributed by atoms with E-state index in [2.05, 4.69) is 17.2 Å². The van der Waals surface area contributed by atoms with Gasteiger partial charge < -0.3 is 11.1 Å². The fraction of sp³-hybridized carbons (Fsp3) is 0.118. The van der Waals surface area contributed by atoms with Crippen LogP contribution in [-0.2, 0) is 0 Å². The van der Waals surface area contributed by atoms with Crippen molar-refractivity contribution in [2.75, 3.05) is 11.9 Å². The third kappa shape index (κ3) is 3.68. The molecule has 3 N–H and O–H groups in total. The van der Waals surface area contributed by atoms with Gasteiger partial charge in [0.25, 0.3) is 5.91 Å². The molecule has 106 valence electrons. The normalized spacial score (nSPS) is 9.67. The minimum Gasteiger partial charge on any atom is -0.322 e. The number of amides is 1. The number of carbonyl (C=O) groups is 1. The third-order valence-corrected chi connectivity index (χ3v) is 2.94. The Morgan fingerprint density at radius 3 is 2.81 bits per heavy atom. The number of aryl methyl sites for hydroxylation is 1. The molecule has 0 spiro atoms. The zero-order valence-electron chi connectivity index (χ0n) is 11.6. The summed E-state index contributed by atoms with van der Waals surface area (Å²) in [4.78, 5) is 12.3. The SMILES string of the molecule is Cc1ccc(F)cc1NC(=O)c1ccccc1C#CCN. The van der Waals surface area contributed by atoms with Gasteiger partial charge in [0.05, 0.1) is 12.1 Å². The maximum absolute atomic E-state index is 13.3. The van der Waals surface area contributed by atoms with Gasteiger partial charge in [-0.15, -0.1) is 0 Å². The molecule has 3 nitrogen and oxygen atoms in total. The monoisotopic (exact) mass is 282 g/mol. The highest BCUT2D eigenvalue weighted by atomic mass is 19.1. The molecule has 2 aromatic carbocycles. The molecular formula is C17H15FN2O. The van der Waals surface area contributed by atoms with Gasteiger partial charge in [-0.25, -0.2) is 4.39 Å². The molecule has 0 fully saturated rings. The molecule has 0 atom stereocenters. The summed E-state index contributed by atoms with van der Waals surface area (Å²) in [5.74, 6) is 4.85. The Balaban J connectivity index is 2.31. The number of hydrogen-bond acceptors (Lipinski definition) is 2. The number of nitrogens with two attached hydrogens (primary N) is 1. The Kier molecular flexibility index (Phi) is 4.70. The minimum atomic E-state index is -0.396. The Morgan fingerprint density at radius 2 is 2.05 bits per heavy atom. The van der Waals surface area contributed by atoms with Gasteiger partial charge in [-0.05, 0) is 36.8 Å². The van der Waals surface area contributed by atoms with E-state index in [-0.39, 0.29) is 12.5 Å². The summed E-state index contributed by atoms with van der Waals surface area (Å²) in [6.45, 7) is 2.02. The molecule has 0 aliphatic rings. The molecule has 0 aliphatic heterocycles. The Labute approximate surface area is 123 Å². The fourth-order valence-electron chi connectivity index (χ4n) is 1.85. The maximum Gasteiger partial charge on any atom is 0.256 e. The summed E-state index contributed by atoms with van der Waals surface area (Å²) in [6.07, 6.45) is 0. The highest BCUT2D eigenvalue weighted by Gasteiger charge is 2.11. The van der Waals surface area contributed by atoms with Crippen LogP contribution in [0, 0.1) is 24.6 Å². The van der Waals surface area contributed by atoms with Crippen LogP contribution in [0.4, 0.5) is 10.1 Å². The van der Waals surface area contributed by atoms with Crippen LogP contribution in [0.3, 0.4) is 0 Å². The Bertz CT molecular complexity index is 729. The molecule has 1 amide bonds. The van der Waals surface area contributed by atoms with E-state index in [1.807, 2.05) is 0 Å². The predicted octanol–water partition coefficient (Wildman–Crippen LogP) is 2.70. The third-order valence-electron chi connectivity index (χ3n) is 2.94. The molecule has 2 aromatic rings. The summed E-state index contributed by atoms with van der Waals surface area (Å²) < 4.78 is 13.3. The van der Waals surface area contributed by atoms with Crippen LogP contribution in [0.1, 0.15) is 21.5 Å². The van der Waals surface area contributed by atoms with E-state index >= 15 is 0 Å². The lowest BCUT2D eigenvalue weighted by atomic mass is 10.1. The summed E-state index contributed by atoms with van der Waals surface area (Å²) >= 11 is 0. The van der Waals surface area contributed by atoms with Crippen molar-refractivity contribution in [3.05, 3.63) is 65.0 Å². The Hall–Kier alpha value is -2.64. The maximum atomic E-state index is 13.3. The molecular weight excluding hydrogens is 267 g/mol. The molecule has 0 heterocycles. The standard InChI is InChI=1S/C17H15FN2O/c1-12-8-9-14(18)11-16(12)20-17(21)15-7-3-2-5-13(15)6-4-10-19/h2-3,5,7-9,11H,10,19H2,1H3,(H,20,21). The van der Waals surface area contributed by atoms with Crippen LogP contribution < -0.4 is 11.1 Å². The smallest absolute Gasteiger partial charge is 0.256 e. The molecule has 2 rings (SSSR count). The quantitative estimate of drug-likeness (QED) is 0.832. The van der Waals surface area contributed by atoms with Crippen LogP contribution in [0.25, 0.3) is 0 Å². The van der Waals surface area contributed by atoms with Crippen molar-refractivity contribution in [3.8, 4) is 11.8 Å². The van der Waals surface area contributed by atoms with Gasteiger partial charge in [-0.1, -0.05) is 30.0 Å². The average Bonchev–Trinajstić information content (AvgIpc) is 2.49. The van der Waals surface area contributed by atoms with Crippen molar-refractivity contribution in [1.29, 1.82) is 0 Å². The van der Waals surface area contributed by atoms with Gasteiger partial charge in [0.2, 0.25) is 0 Å². The highest BCUT2D eigenvalue weighted by molar-refractivity contribution is 6.06. The van der Waals surface area contributed by atoms with E-state index in [0.29, 0.717) is 16.8 Å². The zero-order valence-corrected chi connectivity index (χ0v) is 11.6. The van der Waals surface area contributed by atoms with Crippen LogP contribution in [0.15, 0.2) is 42.5 Å². The second kappa shape index (κ2) is 6.69. The lowest BCUT2D eigenvalue weighted by Gasteiger charge is -2.09. The van der Waals surface area contributed by atoms with Gasteiger partial charge >= 0.3 is 0 Å². The Morgan fingerprint density at radius 1 is 1.29 bits per heavy atom. The summed E-state index contributed by atoms with van der Waals surface area (Å²) in [5, 5.41) is 2.71. The molecule has 0 saturated carbocycles. The van der Waals surface area contributed by atoms with Crippen LogP contribution in [0.2, 0.25) is 0 Å². The topological polar surface area (TPSA) is 55.1 Å². The molecule has 0 bridgehead atoms. The van der Waals surface area contributed by atoms with E-state index in [9.17, 15) is 9.18 Å². The van der Waals surface area contributed by atoms with Gasteiger partial charge in [0.1, 0.15) is 5.82 Å². The van der Waals surface area contributed by atoms with Gasteiger partial charge in [0, 0.05) is 11.3 Å². The number of hydrogen-bond donors (Lipinski definition) is 2. The van der Waals surface area contributed by atoms with Gasteiger partial charge in [0.15, 0.2) is 0 Å². The molecule has 0 unspecified atom stereocenters. The van der Waals surface area contributed by atoms with Crippen molar-refractivity contribution in [2.24, 2.45) is 5.73 Å². The lowest BCUT2D eigenvalue weighted by molar-refractivity contribution is 0.102. The average molecular weight is 282 g/mol. The molecule has 4 heteroatoms. The van der Waals surface area contributed by atoms with E-state index < -0.39 is 5.82 Å². The van der Waals surface area contributed by atoms with E-state index in [1.54, 1.807) is 37.3 Å². The van der Waals surface area contributed by atoms with Crippen molar-refractivity contribution in [1.82, 2.24) is 0 Å². The number of anilines is 1. The summed E-state index contributed by atoms with van der Waals surface area (Å²) in [6, 6.07) is 11.2. The van der Waals surface area contributed by atoms with E-state index in [4.69, 9.17) is 5.73 Å². The number of benzene rings is 2. The second-order valence-corrected chi connectivity index (χ2v) is 4.46. The predicted molar refractivity (Wildman–Crippen MR) is 81.5 cm³/mol. The fourth-order valence-corrected chi connectivity index (χ4v) is 1.85. The second-order valence-electron chi connectivity index (χ2n) is 4.46. The largest absolute Gasteiger partial charge is 0.322 e. The van der Waals surface area contributed by atoms with Crippen molar-refractivity contribution < 1.29 is 9.18 Å². The minimum absolute atomic E-state index is 0.221. The van der Waals surface area contributed by atoms with Crippen LogP contribution in [0.5, 0.6) is 0 Å². The van der Waals surface area contributed by atoms with Crippen LogP contribution >= 0.6 is 0 Å². The summed E-state index contributed by atoms with van der Waals surface area (Å²) in [7, 11) is 0. The molecule has 0 aromatic heterocycles. The van der Waals surface area contributed by atoms with Crippen molar-refractivity contribution >= 4 is 11.6 Å². The van der Waals surface area contributed by atoms with Crippen molar-refractivity contribution in [2.45, 2.75) is 6.92 Å². The summed E-state index contributed by atoms with van der Waals surface area (Å²) in [5.41, 5.74) is 7.60.